The smallest absolute Gasteiger partial charge is 0.264 e. The van der Waals surface area contributed by atoms with E-state index in [-0.39, 0.29) is 13.2 Å². The first-order valence-electron chi connectivity index (χ1n) is 4.87. The summed E-state index contributed by atoms with van der Waals surface area (Å²) < 4.78 is 19.7. The quantitative estimate of drug-likeness (QED) is 0.799. The molecule has 1 aromatic heterocycles. The summed E-state index contributed by atoms with van der Waals surface area (Å²) >= 11 is -1.60. The van der Waals surface area contributed by atoms with E-state index in [2.05, 4.69) is 5.10 Å². The van der Waals surface area contributed by atoms with Gasteiger partial charge in [0.2, 0.25) is 0 Å². The Bertz CT molecular complexity index is 392. The molecule has 0 aliphatic heterocycles. The Hall–Kier alpha value is -0.920. The Morgan fingerprint density at radius 3 is 2.56 bits per heavy atom. The maximum absolute atomic E-state index is 11.7. The van der Waals surface area contributed by atoms with Gasteiger partial charge in [-0.3, -0.25) is 13.2 Å². The molecular weight excluding hydrogens is 230 g/mol. The average Bonchev–Trinajstić information content (AvgIpc) is 2.50. The van der Waals surface area contributed by atoms with Gasteiger partial charge in [0.15, 0.2) is 0 Å². The standard InChI is InChI=1S/C9H17N3O3S/c1-7-9(8(2)11(3)10-7)12(5-6-13)16(14)15-4/h13H,5-6H2,1-4H3. The first kappa shape index (κ1) is 13.1. The monoisotopic (exact) mass is 247 g/mol. The van der Waals surface area contributed by atoms with E-state index in [1.54, 1.807) is 4.68 Å². The predicted octanol–water partition coefficient (Wildman–Crippen LogP) is 0.0607. The maximum Gasteiger partial charge on any atom is 0.264 e. The number of hydrogen-bond donors (Lipinski definition) is 1. The molecular formula is C9H17N3O3S. The number of aromatic nitrogens is 2. The fraction of sp³-hybridized carbons (Fsp3) is 0.667. The lowest BCUT2D eigenvalue weighted by Gasteiger charge is -2.20. The minimum absolute atomic E-state index is 0.0944. The first-order chi connectivity index (χ1) is 7.52. The topological polar surface area (TPSA) is 67.6 Å². The third-order valence-electron chi connectivity index (χ3n) is 2.35. The van der Waals surface area contributed by atoms with Crippen LogP contribution in [0.25, 0.3) is 0 Å². The lowest BCUT2D eigenvalue weighted by atomic mass is 10.3. The van der Waals surface area contributed by atoms with Crippen LogP contribution < -0.4 is 4.31 Å². The van der Waals surface area contributed by atoms with Crippen LogP contribution in [0.1, 0.15) is 11.4 Å². The minimum Gasteiger partial charge on any atom is -0.394 e. The molecule has 1 aromatic rings. The molecule has 0 saturated heterocycles. The average molecular weight is 247 g/mol. The van der Waals surface area contributed by atoms with Gasteiger partial charge < -0.3 is 5.11 Å². The summed E-state index contributed by atoms with van der Waals surface area (Å²) in [6, 6.07) is 0. The lowest BCUT2D eigenvalue weighted by Crippen LogP contribution is -2.30. The highest BCUT2D eigenvalue weighted by atomic mass is 32.2. The Kier molecular flexibility index (Phi) is 4.45. The number of anilines is 1. The van der Waals surface area contributed by atoms with Crippen molar-refractivity contribution < 1.29 is 13.5 Å². The highest BCUT2D eigenvalue weighted by Gasteiger charge is 2.21. The molecule has 0 fully saturated rings. The highest BCUT2D eigenvalue weighted by Crippen LogP contribution is 2.24. The molecule has 1 rings (SSSR count). The summed E-state index contributed by atoms with van der Waals surface area (Å²) in [5.41, 5.74) is 2.40. The normalized spacial score (nSPS) is 12.8. The number of nitrogens with zero attached hydrogens (tertiary/aromatic N) is 3. The van der Waals surface area contributed by atoms with Gasteiger partial charge >= 0.3 is 0 Å². The van der Waals surface area contributed by atoms with Crippen LogP contribution in [-0.4, -0.2) is 39.4 Å². The SMILES string of the molecule is COS(=O)N(CCO)c1c(C)nn(C)c1C. The molecule has 0 saturated carbocycles. The molecule has 0 bridgehead atoms. The highest BCUT2D eigenvalue weighted by molar-refractivity contribution is 7.81. The van der Waals surface area contributed by atoms with Crippen molar-refractivity contribution in [3.05, 3.63) is 11.4 Å². The fourth-order valence-electron chi connectivity index (χ4n) is 1.57. The molecule has 16 heavy (non-hydrogen) atoms. The summed E-state index contributed by atoms with van der Waals surface area (Å²) in [5, 5.41) is 13.2. The van der Waals surface area contributed by atoms with Gasteiger partial charge in [-0.05, 0) is 13.8 Å². The van der Waals surface area contributed by atoms with Crippen LogP contribution in [-0.2, 0) is 22.5 Å². The molecule has 0 aliphatic carbocycles. The van der Waals surface area contributed by atoms with Gasteiger partial charge in [-0.1, -0.05) is 0 Å². The zero-order chi connectivity index (χ0) is 12.3. The Morgan fingerprint density at radius 1 is 1.56 bits per heavy atom. The van der Waals surface area contributed by atoms with Crippen LogP contribution in [0.2, 0.25) is 0 Å². The molecule has 7 heteroatoms. The second-order valence-corrected chi connectivity index (χ2v) is 4.56. The molecule has 0 radical (unpaired) electrons. The number of rotatable bonds is 5. The predicted molar refractivity (Wildman–Crippen MR) is 62.3 cm³/mol. The number of hydrogen-bond acceptors (Lipinski definition) is 4. The van der Waals surface area contributed by atoms with Crippen LogP contribution in [0.15, 0.2) is 0 Å². The molecule has 1 heterocycles. The summed E-state index contributed by atoms with van der Waals surface area (Å²) in [6.07, 6.45) is 0. The van der Waals surface area contributed by atoms with E-state index in [1.165, 1.54) is 11.4 Å². The van der Waals surface area contributed by atoms with Gasteiger partial charge in [-0.25, -0.2) is 4.21 Å². The van der Waals surface area contributed by atoms with Crippen LogP contribution in [0.3, 0.4) is 0 Å². The summed E-state index contributed by atoms with van der Waals surface area (Å²) in [6.45, 7) is 3.86. The van der Waals surface area contributed by atoms with E-state index in [4.69, 9.17) is 9.29 Å². The Balaban J connectivity index is 3.15. The fourth-order valence-corrected chi connectivity index (χ4v) is 2.39. The van der Waals surface area contributed by atoms with E-state index in [9.17, 15) is 4.21 Å². The van der Waals surface area contributed by atoms with Crippen molar-refractivity contribution in [1.82, 2.24) is 9.78 Å². The van der Waals surface area contributed by atoms with Crippen molar-refractivity contribution in [2.75, 3.05) is 24.6 Å². The molecule has 1 atom stereocenters. The van der Waals surface area contributed by atoms with E-state index < -0.39 is 11.3 Å². The molecule has 0 spiro atoms. The van der Waals surface area contributed by atoms with Crippen molar-refractivity contribution in [3.63, 3.8) is 0 Å². The Labute approximate surface area is 97.6 Å². The Morgan fingerprint density at radius 2 is 2.19 bits per heavy atom. The largest absolute Gasteiger partial charge is 0.394 e. The van der Waals surface area contributed by atoms with Crippen LogP contribution in [0.5, 0.6) is 0 Å². The molecule has 1 N–H and O–H groups in total. The summed E-state index contributed by atoms with van der Waals surface area (Å²) in [5.74, 6) is 0. The van der Waals surface area contributed by atoms with Crippen molar-refractivity contribution in [2.45, 2.75) is 13.8 Å². The van der Waals surface area contributed by atoms with Gasteiger partial charge in [0, 0.05) is 7.05 Å². The van der Waals surface area contributed by atoms with E-state index in [0.29, 0.717) is 0 Å². The third kappa shape index (κ3) is 2.42. The number of aliphatic hydroxyl groups is 1. The van der Waals surface area contributed by atoms with E-state index >= 15 is 0 Å². The van der Waals surface area contributed by atoms with Gasteiger partial charge in [-0.2, -0.15) is 5.10 Å². The second kappa shape index (κ2) is 5.42. The molecule has 92 valence electrons. The van der Waals surface area contributed by atoms with E-state index in [1.807, 2.05) is 20.9 Å². The molecule has 0 aromatic carbocycles. The molecule has 0 aliphatic rings. The van der Waals surface area contributed by atoms with Gasteiger partial charge in [0.05, 0.1) is 37.3 Å². The van der Waals surface area contributed by atoms with Crippen molar-refractivity contribution in [2.24, 2.45) is 7.05 Å². The molecule has 0 amide bonds. The number of aliphatic hydroxyl groups excluding tert-OH is 1. The maximum atomic E-state index is 11.7. The molecule has 6 nitrogen and oxygen atoms in total. The summed E-state index contributed by atoms with van der Waals surface area (Å²) in [4.78, 5) is 0. The molecule has 1 unspecified atom stereocenters. The van der Waals surface area contributed by atoms with Gasteiger partial charge in [0.1, 0.15) is 0 Å². The number of aryl methyl sites for hydroxylation is 2. The first-order valence-corrected chi connectivity index (χ1v) is 5.91. The van der Waals surface area contributed by atoms with E-state index in [0.717, 1.165) is 17.1 Å². The van der Waals surface area contributed by atoms with Crippen LogP contribution in [0, 0.1) is 13.8 Å². The van der Waals surface area contributed by atoms with Crippen LogP contribution >= 0.6 is 0 Å². The van der Waals surface area contributed by atoms with Crippen molar-refractivity contribution >= 4 is 17.0 Å². The van der Waals surface area contributed by atoms with Crippen molar-refractivity contribution in [3.8, 4) is 0 Å². The minimum atomic E-state index is -1.60. The van der Waals surface area contributed by atoms with Gasteiger partial charge in [0.25, 0.3) is 11.3 Å². The second-order valence-electron chi connectivity index (χ2n) is 3.35. The lowest BCUT2D eigenvalue weighted by molar-refractivity contribution is 0.305. The third-order valence-corrected chi connectivity index (χ3v) is 3.36. The van der Waals surface area contributed by atoms with Crippen molar-refractivity contribution in [1.29, 1.82) is 0 Å². The van der Waals surface area contributed by atoms with Crippen LogP contribution in [0.4, 0.5) is 5.69 Å². The van der Waals surface area contributed by atoms with Gasteiger partial charge in [-0.15, -0.1) is 0 Å². The summed E-state index contributed by atoms with van der Waals surface area (Å²) in [7, 11) is 3.18. The zero-order valence-corrected chi connectivity index (χ0v) is 10.7. The zero-order valence-electron chi connectivity index (χ0n) is 9.93.